The number of hydrogen-bond acceptors (Lipinski definition) is 4. The number of ether oxygens (including phenoxy) is 1. The minimum atomic E-state index is -0.502. The Morgan fingerprint density at radius 2 is 2.04 bits per heavy atom. The standard InChI is InChI=1S/C18H22ClFN4O2/c1-18(2,3)26-17(25)24-8-6-11(7-9-24)14-15(19)23-16(22-14)13-5-4-12(20)10-21-13/h4-5,10-11H,6-9H2,1-3H3,(H,22,23). The minimum absolute atomic E-state index is 0.169. The first kappa shape index (κ1) is 18.6. The van der Waals surface area contributed by atoms with Crippen LogP contribution in [0.25, 0.3) is 11.5 Å². The molecule has 0 radical (unpaired) electrons. The number of pyridine rings is 1. The maximum atomic E-state index is 13.0. The Balaban J connectivity index is 1.66. The number of H-pyrrole nitrogens is 1. The highest BCUT2D eigenvalue weighted by Crippen LogP contribution is 2.33. The number of amides is 1. The van der Waals surface area contributed by atoms with E-state index in [0.29, 0.717) is 29.8 Å². The molecule has 0 aliphatic carbocycles. The van der Waals surface area contributed by atoms with E-state index < -0.39 is 11.4 Å². The summed E-state index contributed by atoms with van der Waals surface area (Å²) in [7, 11) is 0. The molecule has 0 aromatic carbocycles. The van der Waals surface area contributed by atoms with Gasteiger partial charge in [-0.2, -0.15) is 0 Å². The number of rotatable bonds is 2. The van der Waals surface area contributed by atoms with Crippen molar-refractivity contribution in [2.45, 2.75) is 45.1 Å². The lowest BCUT2D eigenvalue weighted by Gasteiger charge is -2.33. The van der Waals surface area contributed by atoms with E-state index in [0.717, 1.165) is 24.7 Å². The van der Waals surface area contributed by atoms with Crippen LogP contribution in [0.1, 0.15) is 45.2 Å². The van der Waals surface area contributed by atoms with Crippen LogP contribution in [0.4, 0.5) is 9.18 Å². The van der Waals surface area contributed by atoms with Crippen LogP contribution < -0.4 is 0 Å². The van der Waals surface area contributed by atoms with E-state index in [2.05, 4.69) is 15.0 Å². The molecule has 26 heavy (non-hydrogen) atoms. The summed E-state index contributed by atoms with van der Waals surface area (Å²) in [4.78, 5) is 25.4. The van der Waals surface area contributed by atoms with Gasteiger partial charge in [-0.3, -0.25) is 0 Å². The number of aromatic amines is 1. The fraction of sp³-hybridized carbons (Fsp3) is 0.500. The number of imidazole rings is 1. The zero-order chi connectivity index (χ0) is 18.9. The molecule has 0 unspecified atom stereocenters. The summed E-state index contributed by atoms with van der Waals surface area (Å²) in [6, 6.07) is 2.89. The van der Waals surface area contributed by atoms with Crippen LogP contribution in [0.3, 0.4) is 0 Å². The average Bonchev–Trinajstić information content (AvgIpc) is 2.96. The van der Waals surface area contributed by atoms with Gasteiger partial charge in [0, 0.05) is 19.0 Å². The molecular weight excluding hydrogens is 359 g/mol. The lowest BCUT2D eigenvalue weighted by Crippen LogP contribution is -2.41. The molecular formula is C18H22ClFN4O2. The van der Waals surface area contributed by atoms with Gasteiger partial charge in [-0.1, -0.05) is 11.6 Å². The van der Waals surface area contributed by atoms with Gasteiger partial charge in [-0.15, -0.1) is 0 Å². The van der Waals surface area contributed by atoms with Gasteiger partial charge >= 0.3 is 6.09 Å². The number of nitrogens with one attached hydrogen (secondary N) is 1. The number of likely N-dealkylation sites (tertiary alicyclic amines) is 1. The molecule has 1 fully saturated rings. The highest BCUT2D eigenvalue weighted by atomic mass is 35.5. The lowest BCUT2D eigenvalue weighted by atomic mass is 9.94. The third-order valence-corrected chi connectivity index (χ3v) is 4.50. The largest absolute Gasteiger partial charge is 0.444 e. The average molecular weight is 381 g/mol. The molecule has 140 valence electrons. The van der Waals surface area contributed by atoms with Crippen molar-refractivity contribution in [1.29, 1.82) is 0 Å². The maximum Gasteiger partial charge on any atom is 0.410 e. The smallest absolute Gasteiger partial charge is 0.410 e. The number of carbonyl (C=O) groups is 1. The molecule has 1 aliphatic rings. The number of aromatic nitrogens is 3. The molecule has 3 rings (SSSR count). The van der Waals surface area contributed by atoms with Crippen LogP contribution in [0.2, 0.25) is 5.15 Å². The molecule has 3 heterocycles. The van der Waals surface area contributed by atoms with Gasteiger partial charge < -0.3 is 14.6 Å². The number of nitrogens with zero attached hydrogens (tertiary/aromatic N) is 3. The van der Waals surface area contributed by atoms with Gasteiger partial charge in [0.1, 0.15) is 17.1 Å². The Kier molecular flexibility index (Phi) is 5.18. The Morgan fingerprint density at radius 3 is 2.62 bits per heavy atom. The van der Waals surface area contributed by atoms with E-state index in [9.17, 15) is 9.18 Å². The van der Waals surface area contributed by atoms with Gasteiger partial charge in [0.05, 0.1) is 11.9 Å². The van der Waals surface area contributed by atoms with E-state index in [4.69, 9.17) is 16.3 Å². The fourth-order valence-corrected chi connectivity index (χ4v) is 3.24. The molecule has 0 saturated carbocycles. The Labute approximate surface area is 156 Å². The summed E-state index contributed by atoms with van der Waals surface area (Å²) < 4.78 is 18.4. The first-order valence-corrected chi connectivity index (χ1v) is 8.96. The lowest BCUT2D eigenvalue weighted by molar-refractivity contribution is 0.0204. The van der Waals surface area contributed by atoms with Gasteiger partial charge in [0.15, 0.2) is 11.0 Å². The van der Waals surface area contributed by atoms with Gasteiger partial charge in [-0.05, 0) is 45.7 Å². The third-order valence-electron chi connectivity index (χ3n) is 4.21. The monoisotopic (exact) mass is 380 g/mol. The molecule has 0 bridgehead atoms. The summed E-state index contributed by atoms with van der Waals surface area (Å²) in [6.07, 6.45) is 2.38. The van der Waals surface area contributed by atoms with Crippen molar-refractivity contribution in [3.05, 3.63) is 35.0 Å². The maximum absolute atomic E-state index is 13.0. The Bertz CT molecular complexity index is 777. The molecule has 8 heteroatoms. The number of hydrogen-bond donors (Lipinski definition) is 1. The molecule has 1 aliphatic heterocycles. The summed E-state index contributed by atoms with van der Waals surface area (Å²) in [6.45, 7) is 6.76. The molecule has 2 aromatic heterocycles. The summed E-state index contributed by atoms with van der Waals surface area (Å²) in [5, 5.41) is 0.391. The normalized spacial score (nSPS) is 16.0. The first-order chi connectivity index (χ1) is 12.2. The van der Waals surface area contributed by atoms with Crippen molar-refractivity contribution < 1.29 is 13.9 Å². The highest BCUT2D eigenvalue weighted by molar-refractivity contribution is 6.30. The molecule has 6 nitrogen and oxygen atoms in total. The second-order valence-electron chi connectivity index (χ2n) is 7.39. The number of piperidine rings is 1. The van der Waals surface area contributed by atoms with Gasteiger partial charge in [0.2, 0.25) is 0 Å². The molecule has 1 saturated heterocycles. The number of carbonyl (C=O) groups excluding carboxylic acids is 1. The predicted octanol–water partition coefficient (Wildman–Crippen LogP) is 4.38. The second-order valence-corrected chi connectivity index (χ2v) is 7.75. The first-order valence-electron chi connectivity index (χ1n) is 8.58. The molecule has 1 amide bonds. The SMILES string of the molecule is CC(C)(C)OC(=O)N1CCC(c2[nH]c(-c3ccc(F)cn3)nc2Cl)CC1. The van der Waals surface area contributed by atoms with Crippen LogP contribution in [0.15, 0.2) is 18.3 Å². The molecule has 0 spiro atoms. The van der Waals surface area contributed by atoms with Crippen LogP contribution in [0, 0.1) is 5.82 Å². The van der Waals surface area contributed by atoms with E-state index in [-0.39, 0.29) is 12.0 Å². The zero-order valence-corrected chi connectivity index (χ0v) is 15.8. The van der Waals surface area contributed by atoms with E-state index in [1.807, 2.05) is 20.8 Å². The molecule has 0 atom stereocenters. The quantitative estimate of drug-likeness (QED) is 0.839. The van der Waals surface area contributed by atoms with Crippen LogP contribution in [-0.2, 0) is 4.74 Å². The van der Waals surface area contributed by atoms with Crippen molar-refractivity contribution in [3.63, 3.8) is 0 Å². The highest BCUT2D eigenvalue weighted by Gasteiger charge is 2.29. The molecule has 1 N–H and O–H groups in total. The van der Waals surface area contributed by atoms with E-state index >= 15 is 0 Å². The van der Waals surface area contributed by atoms with Crippen molar-refractivity contribution >= 4 is 17.7 Å². The third kappa shape index (κ3) is 4.33. The Hall–Kier alpha value is -2.15. The number of halogens is 2. The second kappa shape index (κ2) is 7.23. The van der Waals surface area contributed by atoms with Crippen molar-refractivity contribution in [2.24, 2.45) is 0 Å². The van der Waals surface area contributed by atoms with Crippen LogP contribution >= 0.6 is 11.6 Å². The van der Waals surface area contributed by atoms with Crippen LogP contribution in [0.5, 0.6) is 0 Å². The Morgan fingerprint density at radius 1 is 1.35 bits per heavy atom. The van der Waals surface area contributed by atoms with Crippen molar-refractivity contribution in [2.75, 3.05) is 13.1 Å². The summed E-state index contributed by atoms with van der Waals surface area (Å²) >= 11 is 6.30. The summed E-state index contributed by atoms with van der Waals surface area (Å²) in [5.41, 5.74) is 0.861. The predicted molar refractivity (Wildman–Crippen MR) is 96.6 cm³/mol. The van der Waals surface area contributed by atoms with Gasteiger partial charge in [-0.25, -0.2) is 19.2 Å². The molecule has 2 aromatic rings. The topological polar surface area (TPSA) is 71.1 Å². The van der Waals surface area contributed by atoms with Gasteiger partial charge in [0.25, 0.3) is 0 Å². The summed E-state index contributed by atoms with van der Waals surface area (Å²) in [5.74, 6) is 0.281. The zero-order valence-electron chi connectivity index (χ0n) is 15.1. The fourth-order valence-electron chi connectivity index (χ4n) is 2.95. The van der Waals surface area contributed by atoms with E-state index in [1.165, 1.54) is 6.07 Å². The van der Waals surface area contributed by atoms with Crippen molar-refractivity contribution in [3.8, 4) is 11.5 Å². The van der Waals surface area contributed by atoms with Crippen molar-refractivity contribution in [1.82, 2.24) is 19.9 Å². The van der Waals surface area contributed by atoms with Crippen LogP contribution in [-0.4, -0.2) is 44.6 Å². The van der Waals surface area contributed by atoms with E-state index in [1.54, 1.807) is 11.0 Å². The minimum Gasteiger partial charge on any atom is -0.444 e.